The van der Waals surface area contributed by atoms with E-state index in [1.807, 2.05) is 0 Å². The molecule has 9 N–H and O–H groups in total. The van der Waals surface area contributed by atoms with Crippen LogP contribution in [0.3, 0.4) is 0 Å². The van der Waals surface area contributed by atoms with E-state index in [1.165, 1.54) is 250 Å². The Kier molecular flexibility index (Phi) is 67.0. The van der Waals surface area contributed by atoms with Gasteiger partial charge in [-0.3, -0.25) is 4.79 Å². The Morgan fingerprint density at radius 1 is 0.345 bits per heavy atom. The number of carboxylic acid groups (broad SMARTS) is 3. The van der Waals surface area contributed by atoms with Gasteiger partial charge < -0.3 is 80.0 Å². The molecule has 1 unspecified atom stereocenters. The van der Waals surface area contributed by atoms with Gasteiger partial charge >= 0.3 is 29.0 Å². The minimum absolute atomic E-state index is 0. The van der Waals surface area contributed by atoms with Crippen LogP contribution >= 0.6 is 0 Å². The number of ether oxygens (including phenoxy) is 3. The number of hydrogen-bond donors (Lipinski definition) is 9. The normalized spacial score (nSPS) is 21.9. The summed E-state index contributed by atoms with van der Waals surface area (Å²) in [7, 11) is 0. The summed E-state index contributed by atoms with van der Waals surface area (Å²) in [6, 6.07) is 0. The third-order valence-electron chi connectivity index (χ3n) is 15.9. The number of carbonyl (C=O) groups is 3. The monoisotopic (exact) mass is 1220 g/mol. The van der Waals surface area contributed by atoms with Crippen molar-refractivity contribution >= 4 is 41.0 Å². The summed E-state index contributed by atoms with van der Waals surface area (Å²) in [5.41, 5.74) is 0. The first-order chi connectivity index (χ1) is 40.1. The van der Waals surface area contributed by atoms with E-state index in [-0.39, 0.29) is 35.9 Å². The van der Waals surface area contributed by atoms with Gasteiger partial charge in [-0.25, -0.2) is 0 Å². The standard InChI is InChI=1S/3C18H36O2.C12H22O11.Mg/c3*1-2-3-4-5-6-7-8-9-10-11-12-13-14-15-16-17-18(19)20;13-1-3-5(15)6(16)9(19)12(22-3)23-10-4(2-14)21-11(20)8(18)7(10)17;/h3*2-17H2,1H3,(H,19,20);3-20H,1-2H2;/q;;;;+2/p-2/t;;;3-,4-,5+,6+,7-,8-,9-,10-,11?,12+;/m...1./s1. The van der Waals surface area contributed by atoms with Gasteiger partial charge in [0.1, 0.15) is 48.8 Å². The third-order valence-corrected chi connectivity index (χ3v) is 15.9. The quantitative estimate of drug-likeness (QED) is 0.0202. The molecule has 0 radical (unpaired) electrons. The van der Waals surface area contributed by atoms with Crippen molar-refractivity contribution < 1.29 is 84.8 Å². The van der Waals surface area contributed by atoms with Crippen LogP contribution in [0.5, 0.6) is 0 Å². The van der Waals surface area contributed by atoms with E-state index >= 15 is 0 Å². The van der Waals surface area contributed by atoms with Gasteiger partial charge in [0.2, 0.25) is 0 Å². The molecule has 0 aromatic carbocycles. The molecule has 2 heterocycles. The number of aliphatic hydroxyl groups excluding tert-OH is 8. The molecule has 0 amide bonds. The van der Waals surface area contributed by atoms with Crippen LogP contribution in [-0.4, -0.2) is 162 Å². The van der Waals surface area contributed by atoms with Crippen LogP contribution in [-0.2, 0) is 28.6 Å². The Labute approximate surface area is 526 Å². The van der Waals surface area contributed by atoms with Crippen molar-refractivity contribution in [1.82, 2.24) is 0 Å². The molecule has 0 bridgehead atoms. The molecule has 0 spiro atoms. The molecule has 2 saturated heterocycles. The molecule has 2 rings (SSSR count). The zero-order chi connectivity index (χ0) is 62.0. The van der Waals surface area contributed by atoms with Crippen molar-refractivity contribution in [1.29, 1.82) is 0 Å². The van der Waals surface area contributed by atoms with E-state index in [4.69, 9.17) is 24.4 Å². The number of aliphatic carboxylic acids is 3. The second-order valence-corrected chi connectivity index (χ2v) is 23.8. The first-order valence-electron chi connectivity index (χ1n) is 34.0. The summed E-state index contributed by atoms with van der Waals surface area (Å²) in [5.74, 6) is -2.46. The van der Waals surface area contributed by atoms with Gasteiger partial charge in [0.05, 0.1) is 13.2 Å². The van der Waals surface area contributed by atoms with Gasteiger partial charge in [-0.05, 0) is 32.1 Å². The van der Waals surface area contributed by atoms with Crippen LogP contribution in [0.2, 0.25) is 0 Å². The number of unbranched alkanes of at least 4 members (excludes halogenated alkanes) is 42. The molecule has 0 aromatic heterocycles. The Hall–Kier alpha value is -1.26. The summed E-state index contributed by atoms with van der Waals surface area (Å²) in [6.07, 6.45) is 44.3. The van der Waals surface area contributed by atoms with Crippen LogP contribution in [0.15, 0.2) is 0 Å². The molecule has 17 nitrogen and oxygen atoms in total. The van der Waals surface area contributed by atoms with Crippen molar-refractivity contribution in [3.8, 4) is 0 Å². The minimum atomic E-state index is -1.74. The van der Waals surface area contributed by atoms with E-state index in [9.17, 15) is 60.3 Å². The Bertz CT molecular complexity index is 1290. The van der Waals surface area contributed by atoms with E-state index in [0.717, 1.165) is 38.5 Å². The van der Waals surface area contributed by atoms with E-state index < -0.39 is 92.5 Å². The van der Waals surface area contributed by atoms with Crippen LogP contribution in [0.25, 0.3) is 0 Å². The van der Waals surface area contributed by atoms with Gasteiger partial charge in [0.25, 0.3) is 0 Å². The minimum Gasteiger partial charge on any atom is -0.550 e. The van der Waals surface area contributed by atoms with Crippen molar-refractivity contribution in [2.75, 3.05) is 13.2 Å². The Morgan fingerprint density at radius 3 is 0.857 bits per heavy atom. The molecule has 0 saturated carbocycles. The summed E-state index contributed by atoms with van der Waals surface area (Å²) in [6.45, 7) is 5.46. The van der Waals surface area contributed by atoms with E-state index in [0.29, 0.717) is 6.42 Å². The van der Waals surface area contributed by atoms with Gasteiger partial charge in [0, 0.05) is 18.4 Å². The fraction of sp³-hybridized carbons (Fsp3) is 0.955. The Morgan fingerprint density at radius 2 is 0.607 bits per heavy atom. The van der Waals surface area contributed by atoms with Crippen LogP contribution < -0.4 is 10.2 Å². The number of aliphatic hydroxyl groups is 8. The topological polar surface area (TPSA) is 307 Å². The van der Waals surface area contributed by atoms with Crippen molar-refractivity contribution in [3.63, 3.8) is 0 Å². The third kappa shape index (κ3) is 53.7. The van der Waals surface area contributed by atoms with Gasteiger partial charge in [-0.15, -0.1) is 0 Å². The molecular weight excluding hydrogens is 1090 g/mol. The molecule has 18 heteroatoms. The first kappa shape index (κ1) is 86.9. The second-order valence-electron chi connectivity index (χ2n) is 23.8. The zero-order valence-corrected chi connectivity index (χ0v) is 55.0. The molecule has 84 heavy (non-hydrogen) atoms. The van der Waals surface area contributed by atoms with Crippen molar-refractivity contribution in [3.05, 3.63) is 0 Å². The largest absolute Gasteiger partial charge is 2.00 e. The van der Waals surface area contributed by atoms with Crippen LogP contribution in [0, 0.1) is 0 Å². The second kappa shape index (κ2) is 64.7. The average Bonchev–Trinajstić information content (AvgIpc) is 2.77. The van der Waals surface area contributed by atoms with Gasteiger partial charge in [-0.1, -0.05) is 290 Å². The summed E-state index contributed by atoms with van der Waals surface area (Å²) in [5, 5.41) is 105. The molecule has 10 atom stereocenters. The predicted molar refractivity (Wildman–Crippen MR) is 331 cm³/mol. The maximum atomic E-state index is 10.3. The molecule has 0 aromatic rings. The maximum Gasteiger partial charge on any atom is 2.00 e. The molecule has 0 aliphatic carbocycles. The SMILES string of the molecule is CCCCCCCCCCCCCCCCCC(=O)O.CCCCCCCCCCCCCCCCCC(=O)[O-].CCCCCCCCCCCCCCCCCC(=O)[O-].OC[C@H]1O[C@@H](O[C@H]2[C@H](O)[C@@H](O)C(O)O[C@@H]2CO)[C@H](O)[C@@H](O)[C@H]1O.[Mg+2]. The van der Waals surface area contributed by atoms with E-state index in [2.05, 4.69) is 20.8 Å². The fourth-order valence-electron chi connectivity index (χ4n) is 10.5. The zero-order valence-electron chi connectivity index (χ0n) is 53.6. The van der Waals surface area contributed by atoms with Gasteiger partial charge in [0.15, 0.2) is 12.6 Å². The van der Waals surface area contributed by atoms with Crippen LogP contribution in [0.4, 0.5) is 0 Å². The smallest absolute Gasteiger partial charge is 0.550 e. The number of rotatable bonds is 52. The molecule has 496 valence electrons. The van der Waals surface area contributed by atoms with Crippen LogP contribution in [0.1, 0.15) is 329 Å². The number of carbonyl (C=O) groups excluding carboxylic acids is 2. The molecule has 2 aliphatic heterocycles. The summed E-state index contributed by atoms with van der Waals surface area (Å²) in [4.78, 5) is 30.8. The van der Waals surface area contributed by atoms with Gasteiger partial charge in [-0.2, -0.15) is 0 Å². The average molecular weight is 1220 g/mol. The molecule has 2 aliphatic rings. The molecular formula is C66H128MgO17. The summed E-state index contributed by atoms with van der Waals surface area (Å²) < 4.78 is 15.3. The molecule has 2 fully saturated rings. The number of hydrogen-bond acceptors (Lipinski definition) is 16. The summed E-state index contributed by atoms with van der Waals surface area (Å²) >= 11 is 0. The predicted octanol–water partition coefficient (Wildman–Crippen LogP) is 10.6. The van der Waals surface area contributed by atoms with Crippen molar-refractivity contribution in [2.45, 2.75) is 390 Å². The fourth-order valence-corrected chi connectivity index (χ4v) is 10.5. The van der Waals surface area contributed by atoms with E-state index in [1.54, 1.807) is 0 Å². The first-order valence-corrected chi connectivity index (χ1v) is 34.0. The number of carboxylic acids is 3. The Balaban J connectivity index is -0.00000104. The van der Waals surface area contributed by atoms with Crippen molar-refractivity contribution in [2.24, 2.45) is 0 Å². The maximum absolute atomic E-state index is 10.3.